The van der Waals surface area contributed by atoms with Gasteiger partial charge >= 0.3 is 0 Å². The van der Waals surface area contributed by atoms with E-state index < -0.39 is 10.0 Å². The lowest BCUT2D eigenvalue weighted by molar-refractivity contribution is 0.0955. The molecule has 0 fully saturated rings. The van der Waals surface area contributed by atoms with Gasteiger partial charge in [0, 0.05) is 11.4 Å². The second kappa shape index (κ2) is 9.11. The van der Waals surface area contributed by atoms with Crippen LogP contribution in [0.4, 0.5) is 5.69 Å². The molecule has 0 radical (unpaired) electrons. The Labute approximate surface area is 174 Å². The Hall–Kier alpha value is -2.84. The minimum absolute atomic E-state index is 0.213. The molecule has 3 rings (SSSR count). The van der Waals surface area contributed by atoms with E-state index in [0.29, 0.717) is 13.0 Å². The van der Waals surface area contributed by atoms with Crippen molar-refractivity contribution in [2.75, 3.05) is 18.4 Å². The maximum absolute atomic E-state index is 12.6. The summed E-state index contributed by atoms with van der Waals surface area (Å²) in [7, 11) is -2.13. The molecular formula is C21H22N2O4S2. The number of carbonyl (C=O) groups excluding carboxylic acids is 1. The van der Waals surface area contributed by atoms with E-state index in [1.165, 1.54) is 11.3 Å². The molecule has 0 aliphatic heterocycles. The fourth-order valence-electron chi connectivity index (χ4n) is 2.73. The van der Waals surface area contributed by atoms with Crippen molar-refractivity contribution in [3.63, 3.8) is 0 Å². The number of hydrogen-bond acceptors (Lipinski definition) is 5. The van der Waals surface area contributed by atoms with Gasteiger partial charge in [0.1, 0.15) is 9.96 Å². The number of nitrogens with one attached hydrogen (secondary N) is 2. The Morgan fingerprint density at radius 2 is 1.76 bits per heavy atom. The van der Waals surface area contributed by atoms with Crippen molar-refractivity contribution in [1.29, 1.82) is 0 Å². The number of benzene rings is 2. The standard InChI is InChI=1S/C21H22N2O4S2/c1-15-7-12-20(28-15)29(25,26)23-19-6-4-3-5-18(19)21(24)22-14-13-16-8-10-17(27-2)11-9-16/h3-12,23H,13-14H2,1-2H3,(H,22,24). The van der Waals surface area contributed by atoms with Gasteiger partial charge < -0.3 is 10.1 Å². The zero-order valence-corrected chi connectivity index (χ0v) is 17.8. The molecule has 0 aliphatic rings. The average molecular weight is 431 g/mol. The van der Waals surface area contributed by atoms with Crippen molar-refractivity contribution >= 4 is 33.0 Å². The fraction of sp³-hybridized carbons (Fsp3) is 0.190. The molecule has 1 aromatic heterocycles. The SMILES string of the molecule is COc1ccc(CCNC(=O)c2ccccc2NS(=O)(=O)c2ccc(C)s2)cc1. The zero-order chi connectivity index (χ0) is 20.9. The van der Waals surface area contributed by atoms with Gasteiger partial charge in [-0.05, 0) is 55.3 Å². The van der Waals surface area contributed by atoms with Crippen LogP contribution < -0.4 is 14.8 Å². The molecule has 0 atom stereocenters. The van der Waals surface area contributed by atoms with Crippen LogP contribution in [0.5, 0.6) is 5.75 Å². The van der Waals surface area contributed by atoms with Crippen LogP contribution in [-0.2, 0) is 16.4 Å². The van der Waals surface area contributed by atoms with Crippen LogP contribution >= 0.6 is 11.3 Å². The van der Waals surface area contributed by atoms with Crippen molar-refractivity contribution in [3.05, 3.63) is 76.7 Å². The highest BCUT2D eigenvalue weighted by Gasteiger charge is 2.19. The molecule has 0 saturated carbocycles. The van der Waals surface area contributed by atoms with E-state index in [9.17, 15) is 13.2 Å². The third-order valence-corrected chi connectivity index (χ3v) is 7.11. The van der Waals surface area contributed by atoms with Crippen molar-refractivity contribution < 1.29 is 17.9 Å². The molecule has 0 spiro atoms. The first-order valence-corrected chi connectivity index (χ1v) is 11.3. The van der Waals surface area contributed by atoms with Crippen LogP contribution in [0, 0.1) is 6.92 Å². The van der Waals surface area contributed by atoms with Gasteiger partial charge in [-0.1, -0.05) is 24.3 Å². The van der Waals surface area contributed by atoms with E-state index in [-0.39, 0.29) is 21.4 Å². The lowest BCUT2D eigenvalue weighted by Gasteiger charge is -2.12. The average Bonchev–Trinajstić information content (AvgIpc) is 3.16. The lowest BCUT2D eigenvalue weighted by atomic mass is 10.1. The summed E-state index contributed by atoms with van der Waals surface area (Å²) in [6.07, 6.45) is 0.651. The molecule has 3 aromatic rings. The number of amides is 1. The highest BCUT2D eigenvalue weighted by Crippen LogP contribution is 2.25. The number of anilines is 1. The molecular weight excluding hydrogens is 408 g/mol. The third-order valence-electron chi connectivity index (χ3n) is 4.25. The summed E-state index contributed by atoms with van der Waals surface area (Å²) < 4.78 is 33.1. The Balaban J connectivity index is 1.66. The summed E-state index contributed by atoms with van der Waals surface area (Å²) in [4.78, 5) is 13.5. The summed E-state index contributed by atoms with van der Waals surface area (Å²) in [6, 6.07) is 17.5. The normalized spacial score (nSPS) is 11.1. The van der Waals surface area contributed by atoms with Crippen molar-refractivity contribution in [3.8, 4) is 5.75 Å². The van der Waals surface area contributed by atoms with Crippen LogP contribution in [0.2, 0.25) is 0 Å². The summed E-state index contributed by atoms with van der Waals surface area (Å²) in [5.74, 6) is 0.444. The van der Waals surface area contributed by atoms with Gasteiger partial charge in [0.05, 0.1) is 18.4 Å². The largest absolute Gasteiger partial charge is 0.497 e. The topological polar surface area (TPSA) is 84.5 Å². The molecule has 2 aromatic carbocycles. The molecule has 29 heavy (non-hydrogen) atoms. The maximum Gasteiger partial charge on any atom is 0.271 e. The number of thiophene rings is 1. The number of carbonyl (C=O) groups is 1. The molecule has 1 amide bonds. The predicted molar refractivity (Wildman–Crippen MR) is 115 cm³/mol. The number of hydrogen-bond donors (Lipinski definition) is 2. The fourth-order valence-corrected chi connectivity index (χ4v) is 5.09. The molecule has 0 saturated heterocycles. The van der Waals surface area contributed by atoms with Gasteiger partial charge in [-0.15, -0.1) is 11.3 Å². The number of ether oxygens (including phenoxy) is 1. The maximum atomic E-state index is 12.6. The van der Waals surface area contributed by atoms with Crippen LogP contribution in [0.25, 0.3) is 0 Å². The van der Waals surface area contributed by atoms with Crippen LogP contribution in [-0.4, -0.2) is 28.0 Å². The molecule has 0 bridgehead atoms. The lowest BCUT2D eigenvalue weighted by Crippen LogP contribution is -2.27. The summed E-state index contributed by atoms with van der Waals surface area (Å²) in [5, 5.41) is 2.84. The third kappa shape index (κ3) is 5.36. The Kier molecular flexibility index (Phi) is 6.56. The highest BCUT2D eigenvalue weighted by molar-refractivity contribution is 7.94. The summed E-state index contributed by atoms with van der Waals surface area (Å²) in [5.41, 5.74) is 1.59. The monoisotopic (exact) mass is 430 g/mol. The smallest absolute Gasteiger partial charge is 0.271 e. The predicted octanol–water partition coefficient (Wildman–Crippen LogP) is 3.84. The Morgan fingerprint density at radius 1 is 1.03 bits per heavy atom. The van der Waals surface area contributed by atoms with Gasteiger partial charge in [0.25, 0.3) is 15.9 Å². The zero-order valence-electron chi connectivity index (χ0n) is 16.1. The summed E-state index contributed by atoms with van der Waals surface area (Å²) in [6.45, 7) is 2.27. The number of rotatable bonds is 8. The van der Waals surface area contributed by atoms with Gasteiger partial charge in [0.2, 0.25) is 0 Å². The first-order chi connectivity index (χ1) is 13.9. The van der Waals surface area contributed by atoms with Crippen LogP contribution in [0.1, 0.15) is 20.8 Å². The van der Waals surface area contributed by atoms with Gasteiger partial charge in [-0.2, -0.15) is 0 Å². The highest BCUT2D eigenvalue weighted by atomic mass is 32.2. The van der Waals surface area contributed by atoms with E-state index in [4.69, 9.17) is 4.74 Å². The minimum Gasteiger partial charge on any atom is -0.497 e. The van der Waals surface area contributed by atoms with E-state index in [0.717, 1.165) is 16.2 Å². The molecule has 6 nitrogen and oxygen atoms in total. The van der Waals surface area contributed by atoms with E-state index in [2.05, 4.69) is 10.0 Å². The first kappa shape index (κ1) is 20.9. The van der Waals surface area contributed by atoms with Crippen molar-refractivity contribution in [2.24, 2.45) is 0 Å². The number of aryl methyl sites for hydroxylation is 1. The Bertz CT molecular complexity index is 1090. The van der Waals surface area contributed by atoms with Gasteiger partial charge in [-0.3, -0.25) is 9.52 Å². The molecule has 0 unspecified atom stereocenters. The quantitative estimate of drug-likeness (QED) is 0.569. The van der Waals surface area contributed by atoms with E-state index in [1.807, 2.05) is 31.2 Å². The number of para-hydroxylation sites is 1. The number of methoxy groups -OCH3 is 1. The van der Waals surface area contributed by atoms with E-state index >= 15 is 0 Å². The molecule has 1 heterocycles. The Morgan fingerprint density at radius 3 is 2.41 bits per heavy atom. The van der Waals surface area contributed by atoms with Gasteiger partial charge in [0.15, 0.2) is 0 Å². The second-order valence-electron chi connectivity index (χ2n) is 6.37. The minimum atomic E-state index is -3.74. The van der Waals surface area contributed by atoms with Crippen LogP contribution in [0.15, 0.2) is 64.9 Å². The van der Waals surface area contributed by atoms with E-state index in [1.54, 1.807) is 43.5 Å². The molecule has 152 valence electrons. The number of sulfonamides is 1. The van der Waals surface area contributed by atoms with Crippen LogP contribution in [0.3, 0.4) is 0 Å². The second-order valence-corrected chi connectivity index (χ2v) is 9.57. The molecule has 0 aliphatic carbocycles. The van der Waals surface area contributed by atoms with Gasteiger partial charge in [-0.25, -0.2) is 8.42 Å². The van der Waals surface area contributed by atoms with Crippen molar-refractivity contribution in [1.82, 2.24) is 5.32 Å². The first-order valence-electron chi connectivity index (χ1n) is 8.98. The van der Waals surface area contributed by atoms with Crippen molar-refractivity contribution in [2.45, 2.75) is 17.6 Å². The molecule has 8 heteroatoms. The molecule has 2 N–H and O–H groups in total. The summed E-state index contributed by atoms with van der Waals surface area (Å²) >= 11 is 1.18.